The molecule has 0 unspecified atom stereocenters. The van der Waals surface area contributed by atoms with Gasteiger partial charge in [-0.1, -0.05) is 18.2 Å². The van der Waals surface area contributed by atoms with Gasteiger partial charge in [0, 0.05) is 44.2 Å². The maximum absolute atomic E-state index is 13.9. The van der Waals surface area contributed by atoms with Crippen molar-refractivity contribution < 1.29 is 14.0 Å². The van der Waals surface area contributed by atoms with Crippen LogP contribution in [0.5, 0.6) is 0 Å². The number of carbonyl (C=O) groups excluding carboxylic acids is 2. The molecule has 1 aliphatic carbocycles. The highest BCUT2D eigenvalue weighted by molar-refractivity contribution is 5.86. The molecule has 1 aromatic rings. The van der Waals surface area contributed by atoms with E-state index in [1.54, 1.807) is 11.0 Å². The van der Waals surface area contributed by atoms with Crippen molar-refractivity contribution >= 4 is 24.2 Å². The second-order valence-electron chi connectivity index (χ2n) is 7.88. The number of nitrogens with zero attached hydrogens (tertiary/aromatic N) is 2. The minimum atomic E-state index is -0.171. The summed E-state index contributed by atoms with van der Waals surface area (Å²) in [4.78, 5) is 28.0. The van der Waals surface area contributed by atoms with Gasteiger partial charge >= 0.3 is 0 Å². The van der Waals surface area contributed by atoms with E-state index in [1.807, 2.05) is 12.1 Å². The summed E-state index contributed by atoms with van der Waals surface area (Å²) in [5, 5.41) is 3.16. The Balaban J connectivity index is 0.00000210. The van der Waals surface area contributed by atoms with E-state index in [0.717, 1.165) is 19.5 Å². The van der Waals surface area contributed by atoms with Gasteiger partial charge in [-0.15, -0.1) is 12.4 Å². The molecule has 0 radical (unpaired) electrons. The molecule has 3 fully saturated rings. The largest absolute Gasteiger partial charge is 0.350 e. The molecule has 0 bridgehead atoms. The van der Waals surface area contributed by atoms with E-state index >= 15 is 0 Å². The molecule has 1 N–H and O–H groups in total. The van der Waals surface area contributed by atoms with Crippen LogP contribution in [-0.4, -0.2) is 53.8 Å². The molecule has 5 nitrogen and oxygen atoms in total. The molecule has 0 aromatic heterocycles. The van der Waals surface area contributed by atoms with Gasteiger partial charge in [0.2, 0.25) is 11.8 Å². The Hall–Kier alpha value is -1.66. The fourth-order valence-electron chi connectivity index (χ4n) is 4.36. The van der Waals surface area contributed by atoms with Gasteiger partial charge in [-0.2, -0.15) is 0 Å². The molecular weight excluding hydrogens is 369 g/mol. The van der Waals surface area contributed by atoms with Crippen molar-refractivity contribution in [2.75, 3.05) is 26.2 Å². The summed E-state index contributed by atoms with van der Waals surface area (Å²) in [5.41, 5.74) is 0.705. The first-order chi connectivity index (χ1) is 12.6. The van der Waals surface area contributed by atoms with Crippen LogP contribution in [0.25, 0.3) is 0 Å². The second kappa shape index (κ2) is 8.57. The summed E-state index contributed by atoms with van der Waals surface area (Å²) in [6.07, 6.45) is 3.83. The Bertz CT molecular complexity index is 698. The summed E-state index contributed by atoms with van der Waals surface area (Å²) < 4.78 is 13.9. The number of amides is 2. The highest BCUT2D eigenvalue weighted by atomic mass is 35.5. The van der Waals surface area contributed by atoms with Crippen molar-refractivity contribution in [3.8, 4) is 0 Å². The van der Waals surface area contributed by atoms with Crippen molar-refractivity contribution in [1.82, 2.24) is 15.1 Å². The third-order valence-electron chi connectivity index (χ3n) is 5.87. The molecule has 1 aromatic carbocycles. The lowest BCUT2D eigenvalue weighted by Crippen LogP contribution is -2.46. The topological polar surface area (TPSA) is 52.7 Å². The zero-order valence-corrected chi connectivity index (χ0v) is 16.2. The van der Waals surface area contributed by atoms with Gasteiger partial charge in [0.25, 0.3) is 0 Å². The second-order valence-corrected chi connectivity index (χ2v) is 7.88. The Kier molecular flexibility index (Phi) is 6.37. The van der Waals surface area contributed by atoms with Crippen LogP contribution >= 0.6 is 12.4 Å². The Morgan fingerprint density at radius 3 is 2.67 bits per heavy atom. The van der Waals surface area contributed by atoms with E-state index in [-0.39, 0.29) is 42.6 Å². The Labute approximate surface area is 165 Å². The van der Waals surface area contributed by atoms with Crippen LogP contribution in [0.2, 0.25) is 0 Å². The number of nitrogens with one attached hydrogen (secondary N) is 1. The molecule has 2 saturated heterocycles. The minimum Gasteiger partial charge on any atom is -0.350 e. The van der Waals surface area contributed by atoms with Crippen LogP contribution in [0.15, 0.2) is 24.3 Å². The molecule has 4 rings (SSSR count). The molecular formula is C20H27ClFN3O2. The summed E-state index contributed by atoms with van der Waals surface area (Å²) in [7, 11) is 0. The van der Waals surface area contributed by atoms with E-state index in [0.29, 0.717) is 36.9 Å². The number of carbonyl (C=O) groups is 2. The number of likely N-dealkylation sites (tertiary alicyclic amines) is 2. The van der Waals surface area contributed by atoms with E-state index < -0.39 is 0 Å². The summed E-state index contributed by atoms with van der Waals surface area (Å²) in [6, 6.07) is 6.99. The van der Waals surface area contributed by atoms with Crippen molar-refractivity contribution in [2.24, 2.45) is 11.8 Å². The zero-order valence-electron chi connectivity index (χ0n) is 15.4. The third kappa shape index (κ3) is 4.79. The monoisotopic (exact) mass is 395 g/mol. The molecule has 3 aliphatic rings. The van der Waals surface area contributed by atoms with Gasteiger partial charge in [0.15, 0.2) is 0 Å². The molecule has 2 atom stereocenters. The standard InChI is InChI=1S/C20H26FN3O2.ClH/c21-17-5-2-1-4-15(17)10-23-11-16(14-7-8-14)18(12-23)22-19(25)13-24-9-3-6-20(24)26;/h1-2,4-5,14,16,18H,3,6-13H2,(H,22,25);1H/t16-,18+;/m1./s1. The van der Waals surface area contributed by atoms with Gasteiger partial charge in [-0.25, -0.2) is 4.39 Å². The number of halogens is 2. The van der Waals surface area contributed by atoms with Gasteiger partial charge in [0.1, 0.15) is 5.82 Å². The molecule has 2 aliphatic heterocycles. The quantitative estimate of drug-likeness (QED) is 0.803. The summed E-state index contributed by atoms with van der Waals surface area (Å²) >= 11 is 0. The lowest BCUT2D eigenvalue weighted by Gasteiger charge is -2.22. The molecule has 0 spiro atoms. The van der Waals surface area contributed by atoms with Crippen LogP contribution in [0.4, 0.5) is 4.39 Å². The molecule has 2 heterocycles. The average molecular weight is 396 g/mol. The van der Waals surface area contributed by atoms with Gasteiger partial charge in [0.05, 0.1) is 6.54 Å². The number of benzene rings is 1. The van der Waals surface area contributed by atoms with Gasteiger partial charge < -0.3 is 10.2 Å². The first-order valence-electron chi connectivity index (χ1n) is 9.63. The molecule has 148 valence electrons. The maximum Gasteiger partial charge on any atom is 0.239 e. The van der Waals surface area contributed by atoms with Crippen molar-refractivity contribution in [2.45, 2.75) is 38.3 Å². The Morgan fingerprint density at radius 2 is 2.00 bits per heavy atom. The lowest BCUT2D eigenvalue weighted by molar-refractivity contribution is -0.133. The van der Waals surface area contributed by atoms with E-state index in [1.165, 1.54) is 18.9 Å². The Morgan fingerprint density at radius 1 is 1.22 bits per heavy atom. The minimum absolute atomic E-state index is 0. The van der Waals surface area contributed by atoms with Crippen LogP contribution in [-0.2, 0) is 16.1 Å². The summed E-state index contributed by atoms with van der Waals surface area (Å²) in [5.74, 6) is 0.935. The number of hydrogen-bond acceptors (Lipinski definition) is 3. The highest BCUT2D eigenvalue weighted by Gasteiger charge is 2.43. The van der Waals surface area contributed by atoms with Crippen molar-refractivity contribution in [3.05, 3.63) is 35.6 Å². The van der Waals surface area contributed by atoms with E-state index in [9.17, 15) is 14.0 Å². The number of rotatable bonds is 6. The molecule has 1 saturated carbocycles. The molecule has 2 amide bonds. The molecule has 27 heavy (non-hydrogen) atoms. The predicted octanol–water partition coefficient (Wildman–Crippen LogP) is 2.20. The zero-order chi connectivity index (χ0) is 18.1. The summed E-state index contributed by atoms with van der Waals surface area (Å²) in [6.45, 7) is 3.07. The highest BCUT2D eigenvalue weighted by Crippen LogP contribution is 2.41. The first kappa shape index (κ1) is 20.1. The fraction of sp³-hybridized carbons (Fsp3) is 0.600. The molecule has 7 heteroatoms. The normalized spacial score (nSPS) is 25.5. The van der Waals surface area contributed by atoms with Crippen LogP contribution in [0, 0.1) is 17.7 Å². The van der Waals surface area contributed by atoms with E-state index in [4.69, 9.17) is 0 Å². The number of hydrogen-bond donors (Lipinski definition) is 1. The fourth-order valence-corrected chi connectivity index (χ4v) is 4.36. The van der Waals surface area contributed by atoms with Gasteiger partial charge in [-0.3, -0.25) is 14.5 Å². The van der Waals surface area contributed by atoms with Gasteiger partial charge in [-0.05, 0) is 37.2 Å². The lowest BCUT2D eigenvalue weighted by atomic mass is 9.98. The maximum atomic E-state index is 13.9. The van der Waals surface area contributed by atoms with Crippen molar-refractivity contribution in [1.29, 1.82) is 0 Å². The third-order valence-corrected chi connectivity index (χ3v) is 5.87. The van der Waals surface area contributed by atoms with Crippen LogP contribution < -0.4 is 5.32 Å². The SMILES string of the molecule is Cl.O=C(CN1CCCC1=O)N[C@H]1CN(Cc2ccccc2F)C[C@@H]1C1CC1. The average Bonchev–Trinajstić information content (AvgIpc) is 3.27. The first-order valence-corrected chi connectivity index (χ1v) is 9.63. The smallest absolute Gasteiger partial charge is 0.239 e. The van der Waals surface area contributed by atoms with E-state index in [2.05, 4.69) is 10.2 Å². The predicted molar refractivity (Wildman–Crippen MR) is 103 cm³/mol. The van der Waals surface area contributed by atoms with Crippen LogP contribution in [0.1, 0.15) is 31.2 Å². The van der Waals surface area contributed by atoms with Crippen molar-refractivity contribution in [3.63, 3.8) is 0 Å². The van der Waals surface area contributed by atoms with Crippen LogP contribution in [0.3, 0.4) is 0 Å².